The number of nitrogens with one attached hydrogen (secondary N) is 3. The van der Waals surface area contributed by atoms with Crippen molar-refractivity contribution in [1.29, 1.82) is 0 Å². The molecule has 6 heteroatoms. The molecule has 0 aliphatic heterocycles. The Hall–Kier alpha value is -2.09. The largest absolute Gasteiger partial charge is 0.356 e. The zero-order chi connectivity index (χ0) is 17.9. The van der Waals surface area contributed by atoms with E-state index in [9.17, 15) is 4.79 Å². The molecule has 2 aromatic rings. The summed E-state index contributed by atoms with van der Waals surface area (Å²) in [7, 11) is 1.75. The van der Waals surface area contributed by atoms with Crippen LogP contribution in [0.2, 0.25) is 0 Å². The van der Waals surface area contributed by atoms with Crippen LogP contribution in [0, 0.1) is 0 Å². The molecule has 2 rings (SSSR count). The first-order valence-corrected chi connectivity index (χ1v) is 8.56. The molecule has 0 fully saturated rings. The molecule has 0 bridgehead atoms. The van der Waals surface area contributed by atoms with Crippen LogP contribution in [0.5, 0.6) is 0 Å². The third kappa shape index (κ3) is 7.43. The summed E-state index contributed by atoms with van der Waals surface area (Å²) in [6, 6.07) is 19.6. The van der Waals surface area contributed by atoms with Crippen LogP contribution in [-0.2, 0) is 0 Å². The quantitative estimate of drug-likeness (QED) is 0.254. The van der Waals surface area contributed by atoms with Gasteiger partial charge in [-0.25, -0.2) is 0 Å². The van der Waals surface area contributed by atoms with Crippen molar-refractivity contribution in [2.45, 2.75) is 19.4 Å². The van der Waals surface area contributed by atoms with Crippen LogP contribution in [-0.4, -0.2) is 32.0 Å². The van der Waals surface area contributed by atoms with Gasteiger partial charge >= 0.3 is 0 Å². The molecule has 0 aliphatic carbocycles. The summed E-state index contributed by atoms with van der Waals surface area (Å²) in [5.74, 6) is 0.714. The second-order valence-corrected chi connectivity index (χ2v) is 5.75. The monoisotopic (exact) mass is 466 g/mol. The SMILES string of the molecule is CN=C(NCCCNC(=O)c1ccccc1)NC(C)c1ccccc1.I. The molecule has 140 valence electrons. The second-order valence-electron chi connectivity index (χ2n) is 5.75. The van der Waals surface area contributed by atoms with E-state index in [-0.39, 0.29) is 35.9 Å². The fourth-order valence-electron chi connectivity index (χ4n) is 2.41. The van der Waals surface area contributed by atoms with Gasteiger partial charge in [0.2, 0.25) is 0 Å². The zero-order valence-electron chi connectivity index (χ0n) is 15.2. The van der Waals surface area contributed by atoms with Gasteiger partial charge in [-0.15, -0.1) is 24.0 Å². The van der Waals surface area contributed by atoms with Gasteiger partial charge in [-0.2, -0.15) is 0 Å². The molecular weight excluding hydrogens is 439 g/mol. The topological polar surface area (TPSA) is 65.5 Å². The Morgan fingerprint density at radius 1 is 0.962 bits per heavy atom. The van der Waals surface area contributed by atoms with Crippen LogP contribution < -0.4 is 16.0 Å². The predicted octanol–water partition coefficient (Wildman–Crippen LogP) is 3.35. The van der Waals surface area contributed by atoms with Crippen LogP contribution >= 0.6 is 24.0 Å². The number of hydrogen-bond acceptors (Lipinski definition) is 2. The molecule has 1 atom stereocenters. The third-order valence-corrected chi connectivity index (χ3v) is 3.84. The number of hydrogen-bond donors (Lipinski definition) is 3. The Balaban J connectivity index is 0.00000338. The summed E-state index contributed by atoms with van der Waals surface area (Å²) in [6.45, 7) is 3.45. The van der Waals surface area contributed by atoms with E-state index in [1.807, 2.05) is 48.5 Å². The number of carbonyl (C=O) groups excluding carboxylic acids is 1. The highest BCUT2D eigenvalue weighted by molar-refractivity contribution is 14.0. The molecule has 0 aliphatic rings. The van der Waals surface area contributed by atoms with E-state index >= 15 is 0 Å². The minimum atomic E-state index is -0.0409. The number of rotatable bonds is 7. The van der Waals surface area contributed by atoms with E-state index in [1.54, 1.807) is 7.05 Å². The van der Waals surface area contributed by atoms with Gasteiger partial charge < -0.3 is 16.0 Å². The minimum Gasteiger partial charge on any atom is -0.356 e. The lowest BCUT2D eigenvalue weighted by Crippen LogP contribution is -2.40. The first-order chi connectivity index (χ1) is 12.2. The number of guanidine groups is 1. The predicted molar refractivity (Wildman–Crippen MR) is 118 cm³/mol. The zero-order valence-corrected chi connectivity index (χ0v) is 17.6. The van der Waals surface area contributed by atoms with E-state index in [2.05, 4.69) is 40.0 Å². The molecule has 0 radical (unpaired) electrons. The summed E-state index contributed by atoms with van der Waals surface area (Å²) < 4.78 is 0. The number of amides is 1. The Morgan fingerprint density at radius 3 is 2.15 bits per heavy atom. The Labute approximate surface area is 172 Å². The summed E-state index contributed by atoms with van der Waals surface area (Å²) in [5.41, 5.74) is 1.89. The Morgan fingerprint density at radius 2 is 1.54 bits per heavy atom. The maximum atomic E-state index is 11.9. The van der Waals surface area contributed by atoms with Crippen molar-refractivity contribution in [1.82, 2.24) is 16.0 Å². The molecule has 5 nitrogen and oxygen atoms in total. The maximum Gasteiger partial charge on any atom is 0.251 e. The molecule has 26 heavy (non-hydrogen) atoms. The standard InChI is InChI=1S/C20H26N4O.HI/c1-16(17-10-5-3-6-11-17)24-20(21-2)23-15-9-14-22-19(25)18-12-7-4-8-13-18;/h3-8,10-13,16H,9,14-15H2,1-2H3,(H,22,25)(H2,21,23,24);1H. The molecular formula is C20H27IN4O. The van der Waals surface area contributed by atoms with E-state index in [1.165, 1.54) is 5.56 Å². The smallest absolute Gasteiger partial charge is 0.251 e. The average Bonchev–Trinajstić information content (AvgIpc) is 2.67. The van der Waals surface area contributed by atoms with E-state index in [0.717, 1.165) is 18.9 Å². The average molecular weight is 466 g/mol. The highest BCUT2D eigenvalue weighted by Gasteiger charge is 2.07. The number of benzene rings is 2. The molecule has 1 amide bonds. The van der Waals surface area contributed by atoms with Crippen molar-refractivity contribution in [3.8, 4) is 0 Å². The highest BCUT2D eigenvalue weighted by Crippen LogP contribution is 2.10. The fraction of sp³-hybridized carbons (Fsp3) is 0.300. The lowest BCUT2D eigenvalue weighted by Gasteiger charge is -2.18. The van der Waals surface area contributed by atoms with Crippen molar-refractivity contribution in [2.75, 3.05) is 20.1 Å². The number of aliphatic imine (C=N–C) groups is 1. The molecule has 0 spiro atoms. The van der Waals surface area contributed by atoms with Gasteiger partial charge in [0, 0.05) is 25.7 Å². The van der Waals surface area contributed by atoms with Crippen LogP contribution in [0.3, 0.4) is 0 Å². The van der Waals surface area contributed by atoms with Gasteiger partial charge in [0.15, 0.2) is 5.96 Å². The molecule has 0 heterocycles. The highest BCUT2D eigenvalue weighted by atomic mass is 127. The van der Waals surface area contributed by atoms with Crippen molar-refractivity contribution < 1.29 is 4.79 Å². The van der Waals surface area contributed by atoms with Crippen molar-refractivity contribution in [3.63, 3.8) is 0 Å². The lowest BCUT2D eigenvalue weighted by molar-refractivity contribution is 0.0953. The molecule has 2 aromatic carbocycles. The summed E-state index contributed by atoms with van der Waals surface area (Å²) in [5, 5.41) is 9.55. The minimum absolute atomic E-state index is 0. The molecule has 0 saturated heterocycles. The number of nitrogens with zero attached hydrogens (tertiary/aromatic N) is 1. The first-order valence-electron chi connectivity index (χ1n) is 8.56. The molecule has 3 N–H and O–H groups in total. The van der Waals surface area contributed by atoms with Gasteiger partial charge in [0.05, 0.1) is 6.04 Å². The maximum absolute atomic E-state index is 11.9. The molecule has 0 saturated carbocycles. The van der Waals surface area contributed by atoms with Crippen molar-refractivity contribution >= 4 is 35.8 Å². The third-order valence-electron chi connectivity index (χ3n) is 3.84. The summed E-state index contributed by atoms with van der Waals surface area (Å²) >= 11 is 0. The molecule has 0 aromatic heterocycles. The molecule has 1 unspecified atom stereocenters. The van der Waals surface area contributed by atoms with Crippen molar-refractivity contribution in [2.24, 2.45) is 4.99 Å². The van der Waals surface area contributed by atoms with Gasteiger partial charge in [0.25, 0.3) is 5.91 Å². The van der Waals surface area contributed by atoms with E-state index in [4.69, 9.17) is 0 Å². The summed E-state index contributed by atoms with van der Waals surface area (Å²) in [4.78, 5) is 16.2. The van der Waals surface area contributed by atoms with Crippen LogP contribution in [0.25, 0.3) is 0 Å². The van der Waals surface area contributed by atoms with Gasteiger partial charge in [0.1, 0.15) is 0 Å². The fourth-order valence-corrected chi connectivity index (χ4v) is 2.41. The second kappa shape index (κ2) is 12.3. The lowest BCUT2D eigenvalue weighted by atomic mass is 10.1. The van der Waals surface area contributed by atoms with Gasteiger partial charge in [-0.05, 0) is 31.0 Å². The van der Waals surface area contributed by atoms with E-state index < -0.39 is 0 Å². The van der Waals surface area contributed by atoms with Crippen LogP contribution in [0.1, 0.15) is 35.3 Å². The Kier molecular flexibility index (Phi) is 10.4. The summed E-state index contributed by atoms with van der Waals surface area (Å²) in [6.07, 6.45) is 0.818. The first kappa shape index (κ1) is 22.0. The van der Waals surface area contributed by atoms with Crippen molar-refractivity contribution in [3.05, 3.63) is 71.8 Å². The van der Waals surface area contributed by atoms with E-state index in [0.29, 0.717) is 12.1 Å². The number of halogens is 1. The normalized spacial score (nSPS) is 11.8. The van der Waals surface area contributed by atoms with Gasteiger partial charge in [-0.1, -0.05) is 48.5 Å². The van der Waals surface area contributed by atoms with Gasteiger partial charge in [-0.3, -0.25) is 9.79 Å². The number of carbonyl (C=O) groups is 1. The van der Waals surface area contributed by atoms with Crippen LogP contribution in [0.4, 0.5) is 0 Å². The van der Waals surface area contributed by atoms with Crippen LogP contribution in [0.15, 0.2) is 65.7 Å². The Bertz CT molecular complexity index is 677.